The molecule has 0 bridgehead atoms. The van der Waals surface area contributed by atoms with E-state index in [1.54, 1.807) is 6.20 Å². The predicted molar refractivity (Wildman–Crippen MR) is 71.9 cm³/mol. The average molecular weight is 293 g/mol. The van der Waals surface area contributed by atoms with Gasteiger partial charge in [0.05, 0.1) is 11.4 Å². The second-order valence-electron chi connectivity index (χ2n) is 3.80. The fourth-order valence-electron chi connectivity index (χ4n) is 1.44. The Bertz CT molecular complexity index is 511. The Labute approximate surface area is 109 Å². The van der Waals surface area contributed by atoms with Crippen LogP contribution in [-0.2, 0) is 6.61 Å². The van der Waals surface area contributed by atoms with Crippen molar-refractivity contribution in [3.05, 3.63) is 52.3 Å². The molecule has 4 heteroatoms. The minimum absolute atomic E-state index is 0.417. The zero-order valence-electron chi connectivity index (χ0n) is 9.48. The summed E-state index contributed by atoms with van der Waals surface area (Å²) in [5.41, 5.74) is 8.50. The van der Waals surface area contributed by atoms with Crippen LogP contribution in [0, 0.1) is 6.92 Å². The number of halogens is 1. The van der Waals surface area contributed by atoms with E-state index in [4.69, 9.17) is 10.5 Å². The molecule has 0 saturated heterocycles. The van der Waals surface area contributed by atoms with Gasteiger partial charge in [-0.25, -0.2) is 0 Å². The maximum absolute atomic E-state index is 5.86. The van der Waals surface area contributed by atoms with Crippen molar-refractivity contribution < 1.29 is 4.74 Å². The Morgan fingerprint density at radius 2 is 2.12 bits per heavy atom. The van der Waals surface area contributed by atoms with Crippen LogP contribution in [-0.4, -0.2) is 4.98 Å². The summed E-state index contributed by atoms with van der Waals surface area (Å²) in [6.07, 6.45) is 1.75. The summed E-state index contributed by atoms with van der Waals surface area (Å²) in [5.74, 6) is 0.695. The molecule has 1 aromatic carbocycles. The number of nitrogens with two attached hydrogens (primary N) is 1. The van der Waals surface area contributed by atoms with E-state index in [2.05, 4.69) is 20.9 Å². The summed E-state index contributed by atoms with van der Waals surface area (Å²) in [4.78, 5) is 4.23. The molecule has 3 nitrogen and oxygen atoms in total. The molecule has 2 aromatic rings. The zero-order valence-corrected chi connectivity index (χ0v) is 11.1. The molecular formula is C13H13BrN2O. The van der Waals surface area contributed by atoms with E-state index in [0.29, 0.717) is 18.0 Å². The second-order valence-corrected chi connectivity index (χ2v) is 4.71. The molecule has 88 valence electrons. The Morgan fingerprint density at radius 1 is 1.29 bits per heavy atom. The molecule has 0 fully saturated rings. The number of aryl methyl sites for hydroxylation is 1. The van der Waals surface area contributed by atoms with Gasteiger partial charge in [-0.2, -0.15) is 0 Å². The number of ether oxygens (including phenoxy) is 1. The van der Waals surface area contributed by atoms with Crippen molar-refractivity contribution in [1.82, 2.24) is 4.98 Å². The van der Waals surface area contributed by atoms with Crippen LogP contribution in [0.2, 0.25) is 0 Å². The van der Waals surface area contributed by atoms with Crippen LogP contribution in [0.1, 0.15) is 11.3 Å². The van der Waals surface area contributed by atoms with Crippen LogP contribution in [0.3, 0.4) is 0 Å². The number of benzene rings is 1. The second kappa shape index (κ2) is 5.19. The quantitative estimate of drug-likeness (QED) is 0.883. The molecule has 2 rings (SSSR count). The van der Waals surface area contributed by atoms with Crippen LogP contribution >= 0.6 is 15.9 Å². The highest BCUT2D eigenvalue weighted by Crippen LogP contribution is 2.23. The SMILES string of the molecule is Cc1ccc(OCc2ccc(Br)cn2)c(N)c1. The lowest BCUT2D eigenvalue weighted by Crippen LogP contribution is -2.00. The van der Waals surface area contributed by atoms with Gasteiger partial charge in [-0.1, -0.05) is 6.07 Å². The first-order valence-electron chi connectivity index (χ1n) is 5.24. The fraction of sp³-hybridized carbons (Fsp3) is 0.154. The first-order chi connectivity index (χ1) is 8.15. The molecular weight excluding hydrogens is 280 g/mol. The van der Waals surface area contributed by atoms with Crippen LogP contribution < -0.4 is 10.5 Å². The maximum Gasteiger partial charge on any atom is 0.142 e. The summed E-state index contributed by atoms with van der Waals surface area (Å²) < 4.78 is 6.57. The summed E-state index contributed by atoms with van der Waals surface area (Å²) in [7, 11) is 0. The Kier molecular flexibility index (Phi) is 3.64. The highest BCUT2D eigenvalue weighted by Gasteiger charge is 2.01. The number of nitrogens with zero attached hydrogens (tertiary/aromatic N) is 1. The minimum Gasteiger partial charge on any atom is -0.485 e. The molecule has 1 aromatic heterocycles. The summed E-state index contributed by atoms with van der Waals surface area (Å²) in [5, 5.41) is 0. The highest BCUT2D eigenvalue weighted by atomic mass is 79.9. The van der Waals surface area contributed by atoms with E-state index >= 15 is 0 Å². The average Bonchev–Trinajstić information content (AvgIpc) is 2.30. The first kappa shape index (κ1) is 11.9. The van der Waals surface area contributed by atoms with Crippen molar-refractivity contribution in [2.75, 3.05) is 5.73 Å². The molecule has 0 radical (unpaired) electrons. The van der Waals surface area contributed by atoms with Gasteiger partial charge in [0.15, 0.2) is 0 Å². The number of hydrogen-bond donors (Lipinski definition) is 1. The van der Waals surface area contributed by atoms with E-state index in [1.807, 2.05) is 37.3 Å². The number of anilines is 1. The van der Waals surface area contributed by atoms with Gasteiger partial charge in [0.25, 0.3) is 0 Å². The summed E-state index contributed by atoms with van der Waals surface area (Å²) in [6.45, 7) is 2.41. The Hall–Kier alpha value is -1.55. The van der Waals surface area contributed by atoms with Crippen molar-refractivity contribution in [2.24, 2.45) is 0 Å². The molecule has 0 spiro atoms. The summed E-state index contributed by atoms with van der Waals surface area (Å²) >= 11 is 3.34. The number of hydrogen-bond acceptors (Lipinski definition) is 3. The van der Waals surface area contributed by atoms with Crippen LogP contribution in [0.4, 0.5) is 5.69 Å². The van der Waals surface area contributed by atoms with Crippen molar-refractivity contribution in [1.29, 1.82) is 0 Å². The zero-order chi connectivity index (χ0) is 12.3. The van der Waals surface area contributed by atoms with Gasteiger partial charge < -0.3 is 10.5 Å². The smallest absolute Gasteiger partial charge is 0.142 e. The normalized spacial score (nSPS) is 10.2. The molecule has 1 heterocycles. The standard InChI is InChI=1S/C13H13BrN2O/c1-9-2-5-13(12(15)6-9)17-8-11-4-3-10(14)7-16-11/h2-7H,8,15H2,1H3. The molecule has 0 aliphatic heterocycles. The van der Waals surface area contributed by atoms with Crippen molar-refractivity contribution in [3.8, 4) is 5.75 Å². The molecule has 0 unspecified atom stereocenters. The van der Waals surface area contributed by atoms with Crippen LogP contribution in [0.15, 0.2) is 41.0 Å². The molecule has 0 aliphatic carbocycles. The van der Waals surface area contributed by atoms with Gasteiger partial charge in [-0.3, -0.25) is 4.98 Å². The third kappa shape index (κ3) is 3.20. The first-order valence-corrected chi connectivity index (χ1v) is 6.04. The lowest BCUT2D eigenvalue weighted by atomic mass is 10.2. The number of aromatic nitrogens is 1. The monoisotopic (exact) mass is 292 g/mol. The largest absolute Gasteiger partial charge is 0.485 e. The highest BCUT2D eigenvalue weighted by molar-refractivity contribution is 9.10. The van der Waals surface area contributed by atoms with Crippen molar-refractivity contribution in [2.45, 2.75) is 13.5 Å². The van der Waals surface area contributed by atoms with Gasteiger partial charge >= 0.3 is 0 Å². The Morgan fingerprint density at radius 3 is 2.76 bits per heavy atom. The van der Waals surface area contributed by atoms with Crippen LogP contribution in [0.25, 0.3) is 0 Å². The molecule has 0 aliphatic rings. The minimum atomic E-state index is 0.417. The molecule has 0 atom stereocenters. The predicted octanol–water partition coefficient (Wildman–Crippen LogP) is 3.31. The third-order valence-corrected chi connectivity index (χ3v) is 2.80. The van der Waals surface area contributed by atoms with E-state index < -0.39 is 0 Å². The van der Waals surface area contributed by atoms with Crippen molar-refractivity contribution >= 4 is 21.6 Å². The van der Waals surface area contributed by atoms with Gasteiger partial charge in [-0.15, -0.1) is 0 Å². The van der Waals surface area contributed by atoms with Gasteiger partial charge in [0.2, 0.25) is 0 Å². The van der Waals surface area contributed by atoms with Gasteiger partial charge in [-0.05, 0) is 52.7 Å². The molecule has 0 saturated carbocycles. The Balaban J connectivity index is 2.04. The number of nitrogen functional groups attached to an aromatic ring is 1. The lowest BCUT2D eigenvalue weighted by Gasteiger charge is -2.09. The summed E-state index contributed by atoms with van der Waals surface area (Å²) in [6, 6.07) is 9.59. The van der Waals surface area contributed by atoms with Gasteiger partial charge in [0.1, 0.15) is 12.4 Å². The molecule has 17 heavy (non-hydrogen) atoms. The third-order valence-electron chi connectivity index (χ3n) is 2.33. The van der Waals surface area contributed by atoms with E-state index in [9.17, 15) is 0 Å². The van der Waals surface area contributed by atoms with E-state index in [-0.39, 0.29) is 0 Å². The van der Waals surface area contributed by atoms with E-state index in [0.717, 1.165) is 15.7 Å². The lowest BCUT2D eigenvalue weighted by molar-refractivity contribution is 0.303. The van der Waals surface area contributed by atoms with Crippen LogP contribution in [0.5, 0.6) is 5.75 Å². The van der Waals surface area contributed by atoms with Crippen molar-refractivity contribution in [3.63, 3.8) is 0 Å². The van der Waals surface area contributed by atoms with Gasteiger partial charge in [0, 0.05) is 10.7 Å². The maximum atomic E-state index is 5.86. The number of pyridine rings is 1. The number of rotatable bonds is 3. The van der Waals surface area contributed by atoms with E-state index in [1.165, 1.54) is 0 Å². The topological polar surface area (TPSA) is 48.1 Å². The fourth-order valence-corrected chi connectivity index (χ4v) is 1.68. The molecule has 0 amide bonds. The molecule has 2 N–H and O–H groups in total.